The summed E-state index contributed by atoms with van der Waals surface area (Å²) in [4.78, 5) is 24.4. The number of carbonyl (C=O) groups is 2. The largest absolute Gasteiger partial charge is 0.497 e. The smallest absolute Gasteiger partial charge is 0.243 e. The number of carbonyl (C=O) groups excluding carboxylic acids is 2. The maximum absolute atomic E-state index is 12.8. The van der Waals surface area contributed by atoms with Crippen molar-refractivity contribution in [2.45, 2.75) is 50.1 Å². The van der Waals surface area contributed by atoms with Crippen molar-refractivity contribution in [3.05, 3.63) is 59.7 Å². The molecular formula is C24H31N3O5S. The third kappa shape index (κ3) is 6.79. The fourth-order valence-electron chi connectivity index (χ4n) is 3.83. The highest BCUT2D eigenvalue weighted by molar-refractivity contribution is 7.89. The SMILES string of the molecule is COc1ccc([C@H](CC(=O)NCc2ccc(S(=O)(=O)N3CCCCC3)cc2)NC(C)=O)cc1. The summed E-state index contributed by atoms with van der Waals surface area (Å²) in [6.45, 7) is 2.79. The molecule has 178 valence electrons. The maximum atomic E-state index is 12.8. The number of piperidine rings is 1. The summed E-state index contributed by atoms with van der Waals surface area (Å²) in [5.74, 6) is 0.235. The number of hydrogen-bond donors (Lipinski definition) is 2. The number of methoxy groups -OCH3 is 1. The molecule has 3 rings (SSSR count). The van der Waals surface area contributed by atoms with Crippen LogP contribution in [0.5, 0.6) is 5.75 Å². The van der Waals surface area contributed by atoms with Crippen molar-refractivity contribution in [2.75, 3.05) is 20.2 Å². The molecule has 1 fully saturated rings. The van der Waals surface area contributed by atoms with Gasteiger partial charge in [-0.3, -0.25) is 9.59 Å². The van der Waals surface area contributed by atoms with Gasteiger partial charge in [0, 0.05) is 26.6 Å². The van der Waals surface area contributed by atoms with Crippen LogP contribution in [0.3, 0.4) is 0 Å². The van der Waals surface area contributed by atoms with Crippen molar-refractivity contribution >= 4 is 21.8 Å². The molecule has 2 aromatic carbocycles. The summed E-state index contributed by atoms with van der Waals surface area (Å²) >= 11 is 0. The number of rotatable bonds is 9. The Hall–Kier alpha value is -2.91. The van der Waals surface area contributed by atoms with Gasteiger partial charge in [-0.15, -0.1) is 0 Å². The van der Waals surface area contributed by atoms with E-state index in [-0.39, 0.29) is 29.7 Å². The second kappa shape index (κ2) is 11.3. The summed E-state index contributed by atoms with van der Waals surface area (Å²) < 4.78 is 32.2. The van der Waals surface area contributed by atoms with Crippen LogP contribution >= 0.6 is 0 Å². The standard InChI is InChI=1S/C24H31N3O5S/c1-18(28)26-23(20-8-10-21(32-2)11-9-20)16-24(29)25-17-19-6-12-22(13-7-19)33(30,31)27-14-4-3-5-15-27/h6-13,23H,3-5,14-17H2,1-2H3,(H,25,29)(H,26,28)/t23-/m0/s1. The lowest BCUT2D eigenvalue weighted by Crippen LogP contribution is -2.35. The third-order valence-electron chi connectivity index (χ3n) is 5.65. The Morgan fingerprint density at radius 1 is 1.00 bits per heavy atom. The number of hydrogen-bond acceptors (Lipinski definition) is 5. The molecule has 0 bridgehead atoms. The first-order valence-electron chi connectivity index (χ1n) is 11.1. The molecule has 2 N–H and O–H groups in total. The summed E-state index contributed by atoms with van der Waals surface area (Å²) in [5.41, 5.74) is 1.59. The topological polar surface area (TPSA) is 105 Å². The van der Waals surface area contributed by atoms with Gasteiger partial charge >= 0.3 is 0 Å². The monoisotopic (exact) mass is 473 g/mol. The molecule has 0 radical (unpaired) electrons. The molecule has 8 nitrogen and oxygen atoms in total. The van der Waals surface area contributed by atoms with E-state index in [1.54, 1.807) is 43.5 Å². The van der Waals surface area contributed by atoms with Gasteiger partial charge in [0.2, 0.25) is 21.8 Å². The predicted octanol–water partition coefficient (Wildman–Crippen LogP) is 2.75. The zero-order chi connectivity index (χ0) is 23.8. The van der Waals surface area contributed by atoms with E-state index in [1.165, 1.54) is 11.2 Å². The lowest BCUT2D eigenvalue weighted by atomic mass is 10.0. The molecular weight excluding hydrogens is 442 g/mol. The molecule has 1 atom stereocenters. The lowest BCUT2D eigenvalue weighted by Gasteiger charge is -2.25. The van der Waals surface area contributed by atoms with Crippen LogP contribution in [0.25, 0.3) is 0 Å². The number of sulfonamides is 1. The first kappa shape index (κ1) is 24.7. The Kier molecular flexibility index (Phi) is 8.46. The lowest BCUT2D eigenvalue weighted by molar-refractivity contribution is -0.122. The molecule has 1 aliphatic rings. The van der Waals surface area contributed by atoms with Gasteiger partial charge in [-0.1, -0.05) is 30.7 Å². The van der Waals surface area contributed by atoms with Gasteiger partial charge in [-0.2, -0.15) is 4.31 Å². The first-order chi connectivity index (χ1) is 15.8. The van der Waals surface area contributed by atoms with Gasteiger partial charge in [0.1, 0.15) is 5.75 Å². The molecule has 1 aliphatic heterocycles. The number of amides is 2. The van der Waals surface area contributed by atoms with E-state index in [4.69, 9.17) is 4.74 Å². The van der Waals surface area contributed by atoms with Crippen LogP contribution in [-0.4, -0.2) is 44.7 Å². The highest BCUT2D eigenvalue weighted by atomic mass is 32.2. The van der Waals surface area contributed by atoms with Gasteiger partial charge < -0.3 is 15.4 Å². The summed E-state index contributed by atoms with van der Waals surface area (Å²) in [5, 5.41) is 5.65. The van der Waals surface area contributed by atoms with E-state index in [0.29, 0.717) is 18.8 Å². The minimum absolute atomic E-state index is 0.0767. The van der Waals surface area contributed by atoms with Crippen molar-refractivity contribution < 1.29 is 22.7 Å². The summed E-state index contributed by atoms with van der Waals surface area (Å²) in [6.07, 6.45) is 2.91. The van der Waals surface area contributed by atoms with Crippen LogP contribution in [0.2, 0.25) is 0 Å². The zero-order valence-electron chi connectivity index (χ0n) is 19.0. The minimum atomic E-state index is -3.48. The van der Waals surface area contributed by atoms with Crippen molar-refractivity contribution in [1.82, 2.24) is 14.9 Å². The normalized spacial score (nSPS) is 15.5. The van der Waals surface area contributed by atoms with Crippen LogP contribution in [0.1, 0.15) is 49.8 Å². The molecule has 0 saturated carbocycles. The molecule has 2 aromatic rings. The molecule has 0 aromatic heterocycles. The number of ether oxygens (including phenoxy) is 1. The minimum Gasteiger partial charge on any atom is -0.497 e. The Balaban J connectivity index is 1.58. The Morgan fingerprint density at radius 3 is 2.21 bits per heavy atom. The van der Waals surface area contributed by atoms with Gasteiger partial charge in [0.15, 0.2) is 0 Å². The molecule has 1 heterocycles. The van der Waals surface area contributed by atoms with E-state index in [2.05, 4.69) is 10.6 Å². The highest BCUT2D eigenvalue weighted by Crippen LogP contribution is 2.22. The fourth-order valence-corrected chi connectivity index (χ4v) is 5.34. The Bertz CT molecular complexity index is 1050. The van der Waals surface area contributed by atoms with Crippen LogP contribution in [0, 0.1) is 0 Å². The van der Waals surface area contributed by atoms with E-state index >= 15 is 0 Å². The molecule has 0 unspecified atom stereocenters. The van der Waals surface area contributed by atoms with Crippen LogP contribution in [-0.2, 0) is 26.2 Å². The number of nitrogens with zero attached hydrogens (tertiary/aromatic N) is 1. The van der Waals surface area contributed by atoms with Gasteiger partial charge in [-0.05, 0) is 48.2 Å². The Morgan fingerprint density at radius 2 is 1.64 bits per heavy atom. The fraction of sp³-hybridized carbons (Fsp3) is 0.417. The molecule has 0 spiro atoms. The summed E-state index contributed by atoms with van der Waals surface area (Å²) in [6, 6.07) is 13.3. The second-order valence-corrected chi connectivity index (χ2v) is 10.1. The molecule has 9 heteroatoms. The second-order valence-electron chi connectivity index (χ2n) is 8.12. The van der Waals surface area contributed by atoms with E-state index in [9.17, 15) is 18.0 Å². The molecule has 0 aliphatic carbocycles. The molecule has 33 heavy (non-hydrogen) atoms. The van der Waals surface area contributed by atoms with E-state index in [0.717, 1.165) is 30.4 Å². The molecule has 2 amide bonds. The van der Waals surface area contributed by atoms with Gasteiger partial charge in [-0.25, -0.2) is 8.42 Å². The van der Waals surface area contributed by atoms with Crippen molar-refractivity contribution in [1.29, 1.82) is 0 Å². The average molecular weight is 474 g/mol. The quantitative estimate of drug-likeness (QED) is 0.583. The molecule has 1 saturated heterocycles. The Labute approximate surface area is 195 Å². The maximum Gasteiger partial charge on any atom is 0.243 e. The number of nitrogens with one attached hydrogen (secondary N) is 2. The van der Waals surface area contributed by atoms with Crippen molar-refractivity contribution in [2.24, 2.45) is 0 Å². The van der Waals surface area contributed by atoms with Gasteiger partial charge in [0.05, 0.1) is 24.5 Å². The highest BCUT2D eigenvalue weighted by Gasteiger charge is 2.25. The van der Waals surface area contributed by atoms with Gasteiger partial charge in [0.25, 0.3) is 0 Å². The van der Waals surface area contributed by atoms with Crippen molar-refractivity contribution in [3.8, 4) is 5.75 Å². The summed E-state index contributed by atoms with van der Waals surface area (Å²) in [7, 11) is -1.90. The van der Waals surface area contributed by atoms with E-state index < -0.39 is 16.1 Å². The average Bonchev–Trinajstić information content (AvgIpc) is 2.83. The van der Waals surface area contributed by atoms with Crippen LogP contribution in [0.15, 0.2) is 53.4 Å². The van der Waals surface area contributed by atoms with E-state index in [1.807, 2.05) is 12.1 Å². The van der Waals surface area contributed by atoms with Crippen LogP contribution < -0.4 is 15.4 Å². The first-order valence-corrected chi connectivity index (χ1v) is 12.5. The van der Waals surface area contributed by atoms with Crippen molar-refractivity contribution in [3.63, 3.8) is 0 Å². The third-order valence-corrected chi connectivity index (χ3v) is 7.56. The predicted molar refractivity (Wildman–Crippen MR) is 125 cm³/mol. The zero-order valence-corrected chi connectivity index (χ0v) is 19.9. The number of benzene rings is 2. The van der Waals surface area contributed by atoms with Crippen LogP contribution in [0.4, 0.5) is 0 Å².